The van der Waals surface area contributed by atoms with Crippen LogP contribution in [-0.2, 0) is 9.53 Å². The Morgan fingerprint density at radius 3 is 2.67 bits per heavy atom. The predicted octanol–water partition coefficient (Wildman–Crippen LogP) is 6.15. The third kappa shape index (κ3) is 4.14. The van der Waals surface area contributed by atoms with E-state index in [1.807, 2.05) is 24.3 Å². The summed E-state index contributed by atoms with van der Waals surface area (Å²) < 4.78 is 35.9. The predicted molar refractivity (Wildman–Crippen MR) is 131 cm³/mol. The molecule has 2 heterocycles. The molecular weight excluding hydrogens is 491 g/mol. The number of ether oxygens (including phenoxy) is 2. The molecule has 1 amide bonds. The van der Waals surface area contributed by atoms with Crippen molar-refractivity contribution in [2.24, 2.45) is 0 Å². The van der Waals surface area contributed by atoms with Crippen molar-refractivity contribution in [2.45, 2.75) is 6.92 Å². The van der Waals surface area contributed by atoms with Crippen molar-refractivity contribution in [2.75, 3.05) is 19.0 Å². The Bertz CT molecular complexity index is 1620. The fraction of sp³-hybridized carbons (Fsp3) is 0.115. The van der Waals surface area contributed by atoms with Gasteiger partial charge in [0.2, 0.25) is 0 Å². The van der Waals surface area contributed by atoms with Crippen molar-refractivity contribution in [1.29, 1.82) is 0 Å². The van der Waals surface area contributed by atoms with Gasteiger partial charge in [-0.15, -0.1) is 0 Å². The Morgan fingerprint density at radius 2 is 1.89 bits per heavy atom. The normalized spacial score (nSPS) is 11.1. The monoisotopic (exact) mass is 508 g/mol. The van der Waals surface area contributed by atoms with Crippen LogP contribution in [0.4, 0.5) is 10.1 Å². The molecule has 0 atom stereocenters. The number of nitrogens with zero attached hydrogens (tertiary/aromatic N) is 1. The van der Waals surface area contributed by atoms with E-state index in [4.69, 9.17) is 30.0 Å². The van der Waals surface area contributed by atoms with Crippen molar-refractivity contribution in [1.82, 2.24) is 5.16 Å². The zero-order valence-electron chi connectivity index (χ0n) is 19.1. The van der Waals surface area contributed by atoms with E-state index in [2.05, 4.69) is 10.5 Å². The number of aryl methyl sites for hydroxylation is 1. The van der Waals surface area contributed by atoms with Gasteiger partial charge < -0.3 is 23.7 Å². The van der Waals surface area contributed by atoms with Crippen LogP contribution in [0.2, 0.25) is 5.02 Å². The molecule has 0 spiro atoms. The van der Waals surface area contributed by atoms with Crippen LogP contribution in [0.15, 0.2) is 63.5 Å². The van der Waals surface area contributed by atoms with Crippen LogP contribution >= 0.6 is 11.6 Å². The number of hydrogen-bond donors (Lipinski definition) is 1. The molecule has 0 aliphatic rings. The minimum Gasteiger partial charge on any atom is -0.495 e. The number of methoxy groups -OCH3 is 1. The first-order valence-electron chi connectivity index (χ1n) is 10.7. The first kappa shape index (κ1) is 23.4. The van der Waals surface area contributed by atoms with Gasteiger partial charge in [0, 0.05) is 16.8 Å². The smallest absolute Gasteiger partial charge is 0.344 e. The van der Waals surface area contributed by atoms with Crippen molar-refractivity contribution in [3.8, 4) is 17.0 Å². The van der Waals surface area contributed by atoms with Gasteiger partial charge in [0.25, 0.3) is 5.91 Å². The van der Waals surface area contributed by atoms with E-state index in [1.54, 1.807) is 12.1 Å². The number of rotatable bonds is 6. The maximum atomic E-state index is 14.4. The summed E-state index contributed by atoms with van der Waals surface area (Å²) in [6.45, 7) is 0.838. The molecule has 1 N–H and O–H groups in total. The largest absolute Gasteiger partial charge is 0.495 e. The Hall–Kier alpha value is -4.37. The third-order valence-corrected chi connectivity index (χ3v) is 5.89. The molecule has 36 heavy (non-hydrogen) atoms. The summed E-state index contributed by atoms with van der Waals surface area (Å²) in [5.41, 5.74) is 1.24. The van der Waals surface area contributed by atoms with Crippen LogP contribution in [0.5, 0.6) is 5.75 Å². The highest BCUT2D eigenvalue weighted by Crippen LogP contribution is 2.37. The van der Waals surface area contributed by atoms with Crippen LogP contribution in [0, 0.1) is 12.7 Å². The highest BCUT2D eigenvalue weighted by molar-refractivity contribution is 6.33. The van der Waals surface area contributed by atoms with E-state index in [-0.39, 0.29) is 27.6 Å². The van der Waals surface area contributed by atoms with Crippen LogP contribution < -0.4 is 10.1 Å². The van der Waals surface area contributed by atoms with Crippen LogP contribution in [0.3, 0.4) is 0 Å². The molecule has 0 saturated carbocycles. The third-order valence-electron chi connectivity index (χ3n) is 5.57. The summed E-state index contributed by atoms with van der Waals surface area (Å²) in [4.78, 5) is 25.4. The molecule has 2 aromatic heterocycles. The highest BCUT2D eigenvalue weighted by atomic mass is 35.5. The quantitative estimate of drug-likeness (QED) is 0.274. The molecule has 182 valence electrons. The van der Waals surface area contributed by atoms with E-state index in [9.17, 15) is 14.0 Å². The van der Waals surface area contributed by atoms with Gasteiger partial charge in [0.15, 0.2) is 6.61 Å². The lowest BCUT2D eigenvalue weighted by atomic mass is 10.1. The minimum absolute atomic E-state index is 0.0446. The fourth-order valence-electron chi connectivity index (χ4n) is 3.91. The average Bonchev–Trinajstić information content (AvgIpc) is 3.41. The number of aromatic nitrogens is 1. The average molecular weight is 509 g/mol. The first-order chi connectivity index (χ1) is 17.4. The molecule has 0 radical (unpaired) electrons. The number of nitrogens with one attached hydrogen (secondary N) is 1. The second kappa shape index (κ2) is 9.35. The van der Waals surface area contributed by atoms with Crippen LogP contribution in [-0.4, -0.2) is 30.7 Å². The van der Waals surface area contributed by atoms with Gasteiger partial charge in [-0.25, -0.2) is 9.18 Å². The molecule has 0 unspecified atom stereocenters. The maximum Gasteiger partial charge on any atom is 0.344 e. The Balaban J connectivity index is 1.35. The van der Waals surface area contributed by atoms with Crippen LogP contribution in [0.25, 0.3) is 33.2 Å². The lowest BCUT2D eigenvalue weighted by Gasteiger charge is -2.11. The molecule has 0 fully saturated rings. The molecule has 3 aromatic carbocycles. The van der Waals surface area contributed by atoms with Crippen molar-refractivity contribution < 1.29 is 32.4 Å². The van der Waals surface area contributed by atoms with E-state index >= 15 is 0 Å². The maximum absolute atomic E-state index is 14.4. The fourth-order valence-corrected chi connectivity index (χ4v) is 4.17. The Morgan fingerprint density at radius 1 is 1.08 bits per heavy atom. The van der Waals surface area contributed by atoms with Gasteiger partial charge in [0.1, 0.15) is 39.8 Å². The lowest BCUT2D eigenvalue weighted by molar-refractivity contribution is -0.119. The highest BCUT2D eigenvalue weighted by Gasteiger charge is 2.27. The van der Waals surface area contributed by atoms with Gasteiger partial charge in [-0.1, -0.05) is 41.0 Å². The van der Waals surface area contributed by atoms with E-state index in [0.29, 0.717) is 22.6 Å². The zero-order valence-corrected chi connectivity index (χ0v) is 19.8. The van der Waals surface area contributed by atoms with E-state index < -0.39 is 24.3 Å². The molecule has 0 aliphatic heterocycles. The summed E-state index contributed by atoms with van der Waals surface area (Å²) in [6, 6.07) is 15.0. The molecule has 0 aliphatic carbocycles. The number of carbonyl (C=O) groups excluding carboxylic acids is 2. The summed E-state index contributed by atoms with van der Waals surface area (Å²) in [5, 5.41) is 8.20. The minimum atomic E-state index is -0.919. The number of amides is 1. The van der Waals surface area contributed by atoms with Gasteiger partial charge in [-0.2, -0.15) is 0 Å². The Labute approximate surface area is 208 Å². The zero-order chi connectivity index (χ0) is 25.4. The molecular formula is C26H18ClFN2O6. The molecule has 5 rings (SSSR count). The topological polar surface area (TPSA) is 104 Å². The number of carbonyl (C=O) groups is 2. The first-order valence-corrected chi connectivity index (χ1v) is 11.1. The van der Waals surface area contributed by atoms with E-state index in [0.717, 1.165) is 10.8 Å². The number of fused-ring (bicyclic) bond motifs is 3. The number of anilines is 1. The summed E-state index contributed by atoms with van der Waals surface area (Å²) in [5.74, 6) is -1.74. The van der Waals surface area contributed by atoms with Crippen LogP contribution in [0.1, 0.15) is 16.1 Å². The summed E-state index contributed by atoms with van der Waals surface area (Å²) in [7, 11) is 1.48. The number of furan rings is 1. The van der Waals surface area contributed by atoms with E-state index in [1.165, 1.54) is 32.2 Å². The molecule has 10 heteroatoms. The molecule has 0 saturated heterocycles. The number of esters is 1. The Kier molecular flexibility index (Phi) is 6.07. The van der Waals surface area contributed by atoms with Crippen molar-refractivity contribution in [3.05, 3.63) is 76.8 Å². The second-order valence-electron chi connectivity index (χ2n) is 7.83. The second-order valence-corrected chi connectivity index (χ2v) is 8.24. The number of para-hydroxylation sites is 1. The van der Waals surface area contributed by atoms with Crippen molar-refractivity contribution in [3.63, 3.8) is 0 Å². The SMILES string of the molecule is COc1cc2c(cc1NC(=O)COC(=O)c1c(-c3c(F)cccc3Cl)noc1C)oc1ccccc12. The van der Waals surface area contributed by atoms with Gasteiger partial charge in [-0.3, -0.25) is 4.79 Å². The number of benzene rings is 3. The van der Waals surface area contributed by atoms with Gasteiger partial charge in [0.05, 0.1) is 23.4 Å². The van der Waals surface area contributed by atoms with Gasteiger partial charge >= 0.3 is 5.97 Å². The molecule has 5 aromatic rings. The lowest BCUT2D eigenvalue weighted by Crippen LogP contribution is -2.21. The number of halogens is 2. The summed E-state index contributed by atoms with van der Waals surface area (Å²) >= 11 is 6.11. The standard InChI is InChI=1S/C26H18ClFN2O6/c1-13-23(25(30-36-13)24-16(27)7-5-8-17(24)28)26(32)34-12-22(31)29-18-11-20-15(10-21(18)33-2)14-6-3-4-9-19(14)35-20/h3-11H,12H2,1-2H3,(H,29,31). The summed E-state index contributed by atoms with van der Waals surface area (Å²) in [6.07, 6.45) is 0. The number of hydrogen-bond acceptors (Lipinski definition) is 7. The molecule has 0 bridgehead atoms. The van der Waals surface area contributed by atoms with Gasteiger partial charge in [-0.05, 0) is 31.2 Å². The van der Waals surface area contributed by atoms with Crippen molar-refractivity contribution >= 4 is 51.1 Å². The molecule has 8 nitrogen and oxygen atoms in total.